The van der Waals surface area contributed by atoms with Gasteiger partial charge >= 0.3 is 0 Å². The van der Waals surface area contributed by atoms with Gasteiger partial charge in [-0.25, -0.2) is 0 Å². The quantitative estimate of drug-likeness (QED) is 0.905. The number of thioether (sulfide) groups is 1. The molecule has 0 radical (unpaired) electrons. The number of rotatable bonds is 2. The molecule has 0 saturated carbocycles. The van der Waals surface area contributed by atoms with Gasteiger partial charge in [0.05, 0.1) is 12.2 Å². The van der Waals surface area contributed by atoms with Crippen LogP contribution in [0.2, 0.25) is 0 Å². The van der Waals surface area contributed by atoms with Crippen molar-refractivity contribution in [2.45, 2.75) is 46.7 Å². The van der Waals surface area contributed by atoms with Crippen LogP contribution in [0.5, 0.6) is 0 Å². The maximum atomic E-state index is 4.71. The van der Waals surface area contributed by atoms with Gasteiger partial charge < -0.3 is 5.32 Å². The van der Waals surface area contributed by atoms with Gasteiger partial charge in [-0.15, -0.1) is 0 Å². The Morgan fingerprint density at radius 3 is 2.84 bits per heavy atom. The lowest BCUT2D eigenvalue weighted by molar-refractivity contribution is 0.290. The summed E-state index contributed by atoms with van der Waals surface area (Å²) in [5, 5.41) is 9.00. The van der Waals surface area contributed by atoms with Gasteiger partial charge in [-0.2, -0.15) is 5.10 Å². The molecule has 1 aromatic heterocycles. The number of aromatic nitrogens is 2. The van der Waals surface area contributed by atoms with Crippen LogP contribution in [0.1, 0.15) is 38.4 Å². The van der Waals surface area contributed by atoms with E-state index in [2.05, 4.69) is 31.2 Å². The van der Waals surface area contributed by atoms with Crippen LogP contribution in [0.3, 0.4) is 0 Å². The summed E-state index contributed by atoms with van der Waals surface area (Å²) in [6.07, 6.45) is 3.26. The van der Waals surface area contributed by atoms with Gasteiger partial charge in [0.1, 0.15) is 0 Å². The van der Waals surface area contributed by atoms with Crippen molar-refractivity contribution < 1.29 is 0 Å². The summed E-state index contributed by atoms with van der Waals surface area (Å²) in [6, 6.07) is 0.516. The van der Waals surface area contributed by atoms with E-state index in [9.17, 15) is 0 Å². The van der Waals surface area contributed by atoms with Crippen LogP contribution in [0.4, 0.5) is 0 Å². The molecule has 1 N–H and O–H groups in total. The summed E-state index contributed by atoms with van der Waals surface area (Å²) >= 11 is 1.83. The Morgan fingerprint density at radius 2 is 2.26 bits per heavy atom. The molecule has 0 amide bonds. The number of aliphatic imine (C=N–C) groups is 1. The molecule has 0 aliphatic carbocycles. The summed E-state index contributed by atoms with van der Waals surface area (Å²) in [4.78, 5) is 4.71. The average molecular weight is 280 g/mol. The maximum absolute atomic E-state index is 4.71. The fourth-order valence-electron chi connectivity index (χ4n) is 2.24. The van der Waals surface area contributed by atoms with Gasteiger partial charge in [0.25, 0.3) is 0 Å². The van der Waals surface area contributed by atoms with Crippen LogP contribution in [-0.4, -0.2) is 26.7 Å². The predicted octanol–water partition coefficient (Wildman–Crippen LogP) is 2.73. The number of hydrogen-bond donors (Lipinski definition) is 1. The molecule has 1 aliphatic rings. The molecule has 0 bridgehead atoms. The third kappa shape index (κ3) is 3.75. The minimum absolute atomic E-state index is 0.284. The van der Waals surface area contributed by atoms with Gasteiger partial charge in [0.15, 0.2) is 5.17 Å². The first-order chi connectivity index (χ1) is 8.86. The highest BCUT2D eigenvalue weighted by Gasteiger charge is 2.28. The molecule has 106 valence electrons. The topological polar surface area (TPSA) is 42.2 Å². The molecule has 2 heterocycles. The molecule has 1 fully saturated rings. The average Bonchev–Trinajstić information content (AvgIpc) is 2.64. The van der Waals surface area contributed by atoms with Crippen LogP contribution in [0.15, 0.2) is 11.2 Å². The molecule has 1 saturated heterocycles. The second-order valence-electron chi connectivity index (χ2n) is 6.23. The SMILES string of the molecule is Cc1nn(C)cc1CN=C1NC(C(C)(C)C)CCS1. The van der Waals surface area contributed by atoms with E-state index in [-0.39, 0.29) is 5.41 Å². The van der Waals surface area contributed by atoms with Gasteiger partial charge in [0.2, 0.25) is 0 Å². The van der Waals surface area contributed by atoms with E-state index in [1.54, 1.807) is 0 Å². The Hall–Kier alpha value is -0.970. The lowest BCUT2D eigenvalue weighted by Crippen LogP contribution is -2.46. The number of hydrogen-bond acceptors (Lipinski definition) is 3. The molecule has 19 heavy (non-hydrogen) atoms. The Kier molecular flexibility index (Phi) is 4.23. The predicted molar refractivity (Wildman–Crippen MR) is 82.5 cm³/mol. The van der Waals surface area contributed by atoms with E-state index in [4.69, 9.17) is 4.99 Å². The highest BCUT2D eigenvalue weighted by molar-refractivity contribution is 8.13. The zero-order valence-corrected chi connectivity index (χ0v) is 13.3. The third-order valence-electron chi connectivity index (χ3n) is 3.50. The molecule has 0 aromatic carbocycles. The molecule has 1 unspecified atom stereocenters. The zero-order valence-electron chi connectivity index (χ0n) is 12.5. The normalized spacial score (nSPS) is 22.6. The number of nitrogens with one attached hydrogen (secondary N) is 1. The van der Waals surface area contributed by atoms with E-state index in [1.165, 1.54) is 12.0 Å². The van der Waals surface area contributed by atoms with Crippen molar-refractivity contribution in [3.05, 3.63) is 17.5 Å². The van der Waals surface area contributed by atoms with Gasteiger partial charge in [-0.3, -0.25) is 9.67 Å². The minimum Gasteiger partial charge on any atom is -0.362 e. The Balaban J connectivity index is 2.01. The molecule has 2 rings (SSSR count). The summed E-state index contributed by atoms with van der Waals surface area (Å²) in [6.45, 7) is 9.59. The van der Waals surface area contributed by atoms with Crippen molar-refractivity contribution >= 4 is 16.9 Å². The van der Waals surface area contributed by atoms with Gasteiger partial charge in [-0.1, -0.05) is 32.5 Å². The van der Waals surface area contributed by atoms with E-state index in [0.717, 1.165) is 16.6 Å². The van der Waals surface area contributed by atoms with Crippen LogP contribution in [0.25, 0.3) is 0 Å². The Bertz CT molecular complexity index is 470. The monoisotopic (exact) mass is 280 g/mol. The lowest BCUT2D eigenvalue weighted by atomic mass is 9.85. The van der Waals surface area contributed by atoms with E-state index < -0.39 is 0 Å². The second kappa shape index (κ2) is 5.57. The highest BCUT2D eigenvalue weighted by atomic mass is 32.2. The van der Waals surface area contributed by atoms with E-state index >= 15 is 0 Å². The first-order valence-electron chi connectivity index (χ1n) is 6.79. The highest BCUT2D eigenvalue weighted by Crippen LogP contribution is 2.27. The van der Waals surface area contributed by atoms with Crippen molar-refractivity contribution in [1.82, 2.24) is 15.1 Å². The van der Waals surface area contributed by atoms with Crippen LogP contribution in [0, 0.1) is 12.3 Å². The molecular weight excluding hydrogens is 256 g/mol. The van der Waals surface area contributed by atoms with Crippen molar-refractivity contribution in [2.75, 3.05) is 5.75 Å². The molecule has 1 aromatic rings. The van der Waals surface area contributed by atoms with Crippen molar-refractivity contribution in [1.29, 1.82) is 0 Å². The summed E-state index contributed by atoms with van der Waals surface area (Å²) < 4.78 is 1.85. The molecule has 5 heteroatoms. The van der Waals surface area contributed by atoms with E-state index in [0.29, 0.717) is 12.6 Å². The fraction of sp³-hybridized carbons (Fsp3) is 0.714. The standard InChI is InChI=1S/C14H24N4S/c1-10-11(9-18(5)17-10)8-15-13-16-12(6-7-19-13)14(2,3)4/h9,12H,6-8H2,1-5H3,(H,15,16). The fourth-order valence-corrected chi connectivity index (χ4v) is 3.17. The van der Waals surface area contributed by atoms with Crippen LogP contribution >= 0.6 is 11.8 Å². The van der Waals surface area contributed by atoms with E-state index in [1.807, 2.05) is 36.6 Å². The van der Waals surface area contributed by atoms with Crippen LogP contribution in [-0.2, 0) is 13.6 Å². The zero-order chi connectivity index (χ0) is 14.0. The van der Waals surface area contributed by atoms with Crippen molar-refractivity contribution in [3.8, 4) is 0 Å². The van der Waals surface area contributed by atoms with Gasteiger partial charge in [0, 0.05) is 30.6 Å². The smallest absolute Gasteiger partial charge is 0.157 e. The van der Waals surface area contributed by atoms with Gasteiger partial charge in [-0.05, 0) is 18.8 Å². The summed E-state index contributed by atoms with van der Waals surface area (Å²) in [5.74, 6) is 1.15. The first kappa shape index (κ1) is 14.4. The third-order valence-corrected chi connectivity index (χ3v) is 4.46. The Morgan fingerprint density at radius 1 is 1.53 bits per heavy atom. The number of aryl methyl sites for hydroxylation is 2. The molecule has 1 atom stereocenters. The first-order valence-corrected chi connectivity index (χ1v) is 7.78. The largest absolute Gasteiger partial charge is 0.362 e. The minimum atomic E-state index is 0.284. The molecule has 1 aliphatic heterocycles. The molecular formula is C14H24N4S. The number of amidine groups is 1. The van der Waals surface area contributed by atoms with Crippen LogP contribution < -0.4 is 5.32 Å². The summed E-state index contributed by atoms with van der Waals surface area (Å²) in [7, 11) is 1.95. The molecule has 0 spiro atoms. The second-order valence-corrected chi connectivity index (χ2v) is 7.32. The van der Waals surface area contributed by atoms with Crippen molar-refractivity contribution in [2.24, 2.45) is 17.5 Å². The summed E-state index contributed by atoms with van der Waals surface area (Å²) in [5.41, 5.74) is 2.56. The number of nitrogens with zero attached hydrogens (tertiary/aromatic N) is 3. The lowest BCUT2D eigenvalue weighted by Gasteiger charge is -2.35. The Labute approximate surface area is 120 Å². The van der Waals surface area contributed by atoms with Crippen molar-refractivity contribution in [3.63, 3.8) is 0 Å². The maximum Gasteiger partial charge on any atom is 0.157 e. The molecule has 4 nitrogen and oxygen atoms in total.